The number of pyridine rings is 1. The van der Waals surface area contributed by atoms with E-state index in [2.05, 4.69) is 20.2 Å². The lowest BCUT2D eigenvalue weighted by Gasteiger charge is -2.00. The van der Waals surface area contributed by atoms with E-state index in [4.69, 9.17) is 4.74 Å². The fourth-order valence-electron chi connectivity index (χ4n) is 2.82. The maximum Gasteiger partial charge on any atom is 0.343 e. The number of H-pyrrole nitrogens is 1. The molecular weight excluding hydrogens is 384 g/mol. The van der Waals surface area contributed by atoms with Gasteiger partial charge in [-0.3, -0.25) is 9.97 Å². The molecule has 4 aromatic rings. The van der Waals surface area contributed by atoms with Crippen molar-refractivity contribution in [2.75, 3.05) is 0 Å². The maximum absolute atomic E-state index is 12.1. The molecule has 1 aromatic carbocycles. The molecule has 0 bridgehead atoms. The van der Waals surface area contributed by atoms with Gasteiger partial charge in [-0.25, -0.2) is 19.0 Å². The third-order valence-electron chi connectivity index (χ3n) is 4.26. The zero-order valence-corrected chi connectivity index (χ0v) is 16.1. The van der Waals surface area contributed by atoms with Crippen molar-refractivity contribution in [2.24, 2.45) is 7.05 Å². The van der Waals surface area contributed by atoms with E-state index in [1.54, 1.807) is 23.2 Å². The van der Waals surface area contributed by atoms with Gasteiger partial charge >= 0.3 is 11.7 Å². The van der Waals surface area contributed by atoms with E-state index < -0.39 is 5.97 Å². The van der Waals surface area contributed by atoms with Gasteiger partial charge in [-0.05, 0) is 30.3 Å². The van der Waals surface area contributed by atoms with Crippen LogP contribution in [0.4, 0.5) is 0 Å². The Morgan fingerprint density at radius 1 is 1.17 bits per heavy atom. The van der Waals surface area contributed by atoms with Gasteiger partial charge in [0.05, 0.1) is 5.69 Å². The van der Waals surface area contributed by atoms with E-state index in [0.717, 1.165) is 21.5 Å². The average Bonchev–Trinajstić information content (AvgIpc) is 3.35. The summed E-state index contributed by atoms with van der Waals surface area (Å²) in [7, 11) is 1.51. The van der Waals surface area contributed by atoms with E-state index >= 15 is 0 Å². The van der Waals surface area contributed by atoms with Crippen molar-refractivity contribution in [2.45, 2.75) is 6.61 Å². The second kappa shape index (κ2) is 8.39. The Bertz CT molecular complexity index is 1240. The Balaban J connectivity index is 1.56. The summed E-state index contributed by atoms with van der Waals surface area (Å²) < 4.78 is 8.02. The second-order valence-electron chi connectivity index (χ2n) is 6.40. The predicted octanol–water partition coefficient (Wildman–Crippen LogP) is 2.11. The number of para-hydroxylation sites is 1. The summed E-state index contributed by atoms with van der Waals surface area (Å²) in [5.41, 5.74) is 2.77. The molecular formula is C21H18N6O3. The Morgan fingerprint density at radius 3 is 2.70 bits per heavy atom. The summed E-state index contributed by atoms with van der Waals surface area (Å²) in [5.74, 6) is -0.289. The van der Waals surface area contributed by atoms with Gasteiger partial charge in [0, 0.05) is 42.8 Å². The van der Waals surface area contributed by atoms with E-state index in [1.807, 2.05) is 48.7 Å². The minimum atomic E-state index is -0.564. The van der Waals surface area contributed by atoms with Crippen molar-refractivity contribution in [1.82, 2.24) is 29.5 Å². The lowest BCUT2D eigenvalue weighted by molar-refractivity contribution is -0.139. The van der Waals surface area contributed by atoms with Crippen LogP contribution in [0.1, 0.15) is 11.4 Å². The summed E-state index contributed by atoms with van der Waals surface area (Å²) in [5, 5.41) is 8.57. The third-order valence-corrected chi connectivity index (χ3v) is 4.26. The van der Waals surface area contributed by atoms with Crippen molar-refractivity contribution in [3.05, 3.63) is 89.0 Å². The molecule has 0 unspecified atom stereocenters. The van der Waals surface area contributed by atoms with Crippen molar-refractivity contribution < 1.29 is 9.53 Å². The number of aryl methyl sites for hydroxylation is 1. The first-order valence-corrected chi connectivity index (χ1v) is 9.12. The van der Waals surface area contributed by atoms with Gasteiger partial charge in [0.25, 0.3) is 0 Å². The van der Waals surface area contributed by atoms with Crippen LogP contribution >= 0.6 is 0 Å². The standard InChI is InChI=1S/C21H18N6O3/c1-26-21(29)23-18(24-26)14-30-19(28)10-9-16-13-27(17-7-3-2-4-8-17)25-20(16)15-6-5-11-22-12-15/h2-13H,14H2,1H3,(H,23,24,29)/b10-9+. The van der Waals surface area contributed by atoms with Crippen LogP contribution in [0, 0.1) is 0 Å². The highest BCUT2D eigenvalue weighted by atomic mass is 16.5. The fourth-order valence-corrected chi connectivity index (χ4v) is 2.82. The molecule has 4 rings (SSSR count). The van der Waals surface area contributed by atoms with Crippen LogP contribution in [-0.4, -0.2) is 35.5 Å². The Morgan fingerprint density at radius 2 is 2.00 bits per heavy atom. The third kappa shape index (κ3) is 4.25. The van der Waals surface area contributed by atoms with Crippen molar-refractivity contribution in [3.8, 4) is 16.9 Å². The second-order valence-corrected chi connectivity index (χ2v) is 6.40. The molecule has 9 nitrogen and oxygen atoms in total. The number of hydrogen-bond donors (Lipinski definition) is 1. The first kappa shape index (κ1) is 19.1. The average molecular weight is 402 g/mol. The van der Waals surface area contributed by atoms with Crippen LogP contribution in [0.2, 0.25) is 0 Å². The van der Waals surface area contributed by atoms with Gasteiger partial charge in [0.2, 0.25) is 0 Å². The van der Waals surface area contributed by atoms with Crippen LogP contribution in [-0.2, 0) is 23.2 Å². The van der Waals surface area contributed by atoms with E-state index in [0.29, 0.717) is 5.69 Å². The number of esters is 1. The summed E-state index contributed by atoms with van der Waals surface area (Å²) in [6.07, 6.45) is 8.18. The van der Waals surface area contributed by atoms with Crippen LogP contribution in [0.3, 0.4) is 0 Å². The number of carbonyl (C=O) groups is 1. The minimum absolute atomic E-state index is 0.127. The highest BCUT2D eigenvalue weighted by molar-refractivity contribution is 5.88. The Hall–Kier alpha value is -4.27. The molecule has 0 saturated carbocycles. The molecule has 0 aliphatic rings. The van der Waals surface area contributed by atoms with Gasteiger partial charge in [0.1, 0.15) is 5.69 Å². The molecule has 0 aliphatic heterocycles. The first-order valence-electron chi connectivity index (χ1n) is 9.12. The Labute approximate surface area is 171 Å². The smallest absolute Gasteiger partial charge is 0.343 e. The monoisotopic (exact) mass is 402 g/mol. The topological polar surface area (TPSA) is 108 Å². The van der Waals surface area contributed by atoms with Crippen LogP contribution in [0.5, 0.6) is 0 Å². The molecule has 3 aromatic heterocycles. The van der Waals surface area contributed by atoms with Gasteiger partial charge < -0.3 is 4.74 Å². The summed E-state index contributed by atoms with van der Waals surface area (Å²) in [6.45, 7) is -0.127. The summed E-state index contributed by atoms with van der Waals surface area (Å²) in [6, 6.07) is 13.4. The molecule has 30 heavy (non-hydrogen) atoms. The SMILES string of the molecule is Cn1nc(COC(=O)/C=C/c2cn(-c3ccccc3)nc2-c2cccnc2)[nH]c1=O. The van der Waals surface area contributed by atoms with E-state index in [-0.39, 0.29) is 18.1 Å². The lowest BCUT2D eigenvalue weighted by atomic mass is 10.1. The summed E-state index contributed by atoms with van der Waals surface area (Å²) in [4.78, 5) is 30.1. The van der Waals surface area contributed by atoms with Crippen molar-refractivity contribution >= 4 is 12.0 Å². The van der Waals surface area contributed by atoms with Gasteiger partial charge in [-0.1, -0.05) is 18.2 Å². The highest BCUT2D eigenvalue weighted by Crippen LogP contribution is 2.24. The predicted molar refractivity (Wildman–Crippen MR) is 109 cm³/mol. The largest absolute Gasteiger partial charge is 0.454 e. The number of nitrogens with one attached hydrogen (secondary N) is 1. The van der Waals surface area contributed by atoms with Gasteiger partial charge in [0.15, 0.2) is 12.4 Å². The molecule has 0 fully saturated rings. The normalized spacial score (nSPS) is 11.1. The summed E-state index contributed by atoms with van der Waals surface area (Å²) >= 11 is 0. The molecule has 3 heterocycles. The minimum Gasteiger partial charge on any atom is -0.454 e. The molecule has 0 saturated heterocycles. The number of hydrogen-bond acceptors (Lipinski definition) is 6. The van der Waals surface area contributed by atoms with Gasteiger partial charge in [-0.15, -0.1) is 0 Å². The first-order chi connectivity index (χ1) is 14.6. The molecule has 1 N–H and O–H groups in total. The van der Waals surface area contributed by atoms with Crippen molar-refractivity contribution in [3.63, 3.8) is 0 Å². The zero-order chi connectivity index (χ0) is 20.9. The molecule has 0 amide bonds. The quantitative estimate of drug-likeness (QED) is 0.391. The fraction of sp³-hybridized carbons (Fsp3) is 0.0952. The number of aromatic amines is 1. The maximum atomic E-state index is 12.1. The molecule has 0 aliphatic carbocycles. The number of ether oxygens (including phenoxy) is 1. The lowest BCUT2D eigenvalue weighted by Crippen LogP contribution is -2.13. The molecule has 9 heteroatoms. The van der Waals surface area contributed by atoms with Crippen LogP contribution < -0.4 is 5.69 Å². The number of carbonyl (C=O) groups excluding carboxylic acids is 1. The Kier molecular flexibility index (Phi) is 5.33. The molecule has 150 valence electrons. The highest BCUT2D eigenvalue weighted by Gasteiger charge is 2.11. The van der Waals surface area contributed by atoms with Gasteiger partial charge in [-0.2, -0.15) is 10.2 Å². The number of benzene rings is 1. The number of nitrogens with zero attached hydrogens (tertiary/aromatic N) is 5. The zero-order valence-electron chi connectivity index (χ0n) is 16.1. The van der Waals surface area contributed by atoms with E-state index in [9.17, 15) is 9.59 Å². The molecule has 0 spiro atoms. The number of aromatic nitrogens is 6. The van der Waals surface area contributed by atoms with Crippen molar-refractivity contribution in [1.29, 1.82) is 0 Å². The number of rotatable bonds is 6. The molecule has 0 radical (unpaired) electrons. The van der Waals surface area contributed by atoms with E-state index in [1.165, 1.54) is 13.1 Å². The van der Waals surface area contributed by atoms with Crippen LogP contribution in [0.15, 0.2) is 71.9 Å². The van der Waals surface area contributed by atoms with Crippen LogP contribution in [0.25, 0.3) is 23.0 Å². The molecule has 0 atom stereocenters.